The summed E-state index contributed by atoms with van der Waals surface area (Å²) in [5, 5.41) is 364. The summed E-state index contributed by atoms with van der Waals surface area (Å²) in [7, 11) is 0. The third kappa shape index (κ3) is 26.7. The van der Waals surface area contributed by atoms with E-state index in [1.165, 1.54) is 13.8 Å². The van der Waals surface area contributed by atoms with Gasteiger partial charge in [-0.3, -0.25) is 24.0 Å². The number of nitrogens with one attached hydrogen (secondary N) is 5. The van der Waals surface area contributed by atoms with E-state index in [4.69, 9.17) is 104 Å². The molecule has 0 aromatic rings. The van der Waals surface area contributed by atoms with Gasteiger partial charge in [-0.1, -0.05) is 0 Å². The van der Waals surface area contributed by atoms with Crippen molar-refractivity contribution >= 4 is 36.0 Å². The van der Waals surface area contributed by atoms with Crippen molar-refractivity contribution in [2.24, 2.45) is 0 Å². The number of ether oxygens (including phenoxy) is 22. The van der Waals surface area contributed by atoms with E-state index in [-0.39, 0.29) is 6.41 Å². The maximum atomic E-state index is 13.8. The molecule has 5 amide bonds. The van der Waals surface area contributed by atoms with Gasteiger partial charge < -0.3 is 294 Å². The number of carboxylic acid groups (broad SMARTS) is 1. The Hall–Kier alpha value is -5.26. The van der Waals surface area contributed by atoms with Crippen LogP contribution in [0.1, 0.15) is 48.0 Å². The highest BCUT2D eigenvalue weighted by Crippen LogP contribution is 2.45. The van der Waals surface area contributed by atoms with Crippen LogP contribution in [0.25, 0.3) is 0 Å². The van der Waals surface area contributed by atoms with Crippen molar-refractivity contribution in [1.29, 1.82) is 0 Å². The van der Waals surface area contributed by atoms with E-state index in [1.807, 2.05) is 0 Å². The van der Waals surface area contributed by atoms with Gasteiger partial charge in [-0.2, -0.15) is 0 Å². The third-order valence-corrected chi connectivity index (χ3v) is 26.4. The number of amides is 5. The average Bonchev–Trinajstić information content (AvgIpc) is 0.753. The lowest BCUT2D eigenvalue weighted by molar-refractivity contribution is -0.412. The number of hydrogen-bond acceptors (Lipinski definition) is 59. The first-order valence-corrected chi connectivity index (χ1v) is 46.2. The summed E-state index contributed by atoms with van der Waals surface area (Å²) in [5.74, 6) is -9.96. The van der Waals surface area contributed by atoms with E-state index < -0.39 is 458 Å². The highest BCUT2D eigenvalue weighted by Gasteiger charge is 2.65. The number of aliphatic hydroxyl groups is 30. The largest absolute Gasteiger partial charge is 0.544 e. The molecule has 35 N–H and O–H groups in total. The van der Waals surface area contributed by atoms with Crippen molar-refractivity contribution < 1.29 is 291 Å². The van der Waals surface area contributed by atoms with Gasteiger partial charge in [0.05, 0.1) is 103 Å². The Morgan fingerprint density at radius 1 is 0.331 bits per heavy atom. The Balaban J connectivity index is 0.876. The van der Waals surface area contributed by atoms with Gasteiger partial charge >= 0.3 is 0 Å². The summed E-state index contributed by atoms with van der Waals surface area (Å²) in [6, 6.07) is -9.25. The Morgan fingerprint density at radius 3 is 0.979 bits per heavy atom. The maximum Gasteiger partial charge on any atom is 0.217 e. The molecule has 0 bridgehead atoms. The fourth-order valence-electron chi connectivity index (χ4n) is 18.7. The van der Waals surface area contributed by atoms with E-state index in [2.05, 4.69) is 26.6 Å². The molecule has 0 aliphatic carbocycles. The fourth-order valence-corrected chi connectivity index (χ4v) is 18.7. The molecule has 0 unspecified atom stereocenters. The van der Waals surface area contributed by atoms with Crippen LogP contribution >= 0.6 is 0 Å². The van der Waals surface area contributed by atoms with Crippen LogP contribution < -0.4 is 31.7 Å². The van der Waals surface area contributed by atoms with Gasteiger partial charge in [0.2, 0.25) is 35.8 Å². The highest BCUT2D eigenvalue weighted by molar-refractivity contribution is 5.76. The summed E-state index contributed by atoms with van der Waals surface area (Å²) >= 11 is 0. The molecule has 11 aliphatic rings. The molecule has 64 nitrogen and oxygen atoms in total. The molecule has 57 atom stereocenters. The molecule has 11 fully saturated rings. The second-order valence-electron chi connectivity index (χ2n) is 36.6. The first-order valence-electron chi connectivity index (χ1n) is 46.2. The predicted molar refractivity (Wildman–Crippen MR) is 444 cm³/mol. The van der Waals surface area contributed by atoms with Crippen LogP contribution in [0, 0.1) is 0 Å². The quantitative estimate of drug-likeness (QED) is 0.0252. The molecule has 0 spiro atoms. The van der Waals surface area contributed by atoms with Crippen molar-refractivity contribution in [3.63, 3.8) is 0 Å². The van der Waals surface area contributed by atoms with E-state index in [0.717, 1.165) is 27.7 Å². The average molecular weight is 2120 g/mol. The monoisotopic (exact) mass is 2120 g/mol. The van der Waals surface area contributed by atoms with Crippen LogP contribution in [-0.4, -0.2) is 611 Å². The summed E-state index contributed by atoms with van der Waals surface area (Å²) in [6.45, 7) is -6.53. The molecule has 11 rings (SSSR count). The zero-order valence-corrected chi connectivity index (χ0v) is 78.1. The van der Waals surface area contributed by atoms with Crippen LogP contribution in [0.5, 0.6) is 0 Å². The number of carboxylic acids is 1. The van der Waals surface area contributed by atoms with Gasteiger partial charge in [0.25, 0.3) is 0 Å². The minimum Gasteiger partial charge on any atom is -0.544 e. The fraction of sp³-hybridized carbons (Fsp3) is 0.926. The summed E-state index contributed by atoms with van der Waals surface area (Å²) < 4.78 is 132. The molecule has 11 saturated heterocycles. The zero-order valence-electron chi connectivity index (χ0n) is 78.1. The lowest BCUT2D eigenvalue weighted by Gasteiger charge is -2.53. The van der Waals surface area contributed by atoms with Gasteiger partial charge in [-0.25, -0.2) is 0 Å². The minimum atomic E-state index is -3.43. The van der Waals surface area contributed by atoms with Crippen LogP contribution in [0.3, 0.4) is 0 Å². The number of aliphatic carboxylic acids is 1. The van der Waals surface area contributed by atoms with Gasteiger partial charge in [0.15, 0.2) is 62.9 Å². The molecule has 0 aromatic carbocycles. The Morgan fingerprint density at radius 2 is 0.628 bits per heavy atom. The zero-order chi connectivity index (χ0) is 107. The van der Waals surface area contributed by atoms with Gasteiger partial charge in [0.1, 0.15) is 256 Å². The summed E-state index contributed by atoms with van der Waals surface area (Å²) in [5.41, 5.74) is 0. The molecular weight excluding hydrogens is 1990 g/mol. The van der Waals surface area contributed by atoms with Crippen LogP contribution in [0.15, 0.2) is 0 Å². The first kappa shape index (κ1) is 120. The van der Waals surface area contributed by atoms with Crippen molar-refractivity contribution in [3.05, 3.63) is 0 Å². The van der Waals surface area contributed by atoms with Crippen molar-refractivity contribution in [1.82, 2.24) is 26.6 Å². The number of hydrogen-bond donors (Lipinski definition) is 35. The first-order chi connectivity index (χ1) is 68.6. The highest BCUT2D eigenvalue weighted by atomic mass is 16.8. The Kier molecular flexibility index (Phi) is 43.5. The lowest BCUT2D eigenvalue weighted by Crippen LogP contribution is -2.72. The van der Waals surface area contributed by atoms with Crippen LogP contribution in [-0.2, 0) is 133 Å². The standard InChI is InChI=1S/C81H135N5O59/c1-20-41(104)49(112)52(115)74(125-20)139-64-39(85-24(5)100)71(142-67-45(108)29(10-89)127-76(55(67)118)136-60-34(15-94)134-73(54(117)51(60)114)124-18-26(8-87)82-19-97)132-36(17-96)62(64)138-78-57(120)68(46(109)31(12-91)129-78)143-72-40(86-25(6)101)65(140-75-53(116)50(113)42(105)21(2)126-75)61(35(16-95)133-72)137-77-56(119)66(44(107)30(11-90)128-77)141-70-38(84-23(4)99)48(111)59(33(14-93)131-70)135-79-58(121)69(47(110)32(13-92)130-79)145-81(80(122)123)7-27(102)37(83-22(3)98)63(144-81)43(106)28(103)9-88/h19-21,26-79,87-96,102-121H,7-18H2,1-6H3,(H,82,97)(H,83,98)(H,84,99)(H,85,100)(H,86,101)(H,122,123)/p-1/t20-,21-,26+,27-,28+,29+,30+,31+,32+,33+,34+,35+,36+,37+,38+,39+,40+,41+,42+,43+,44-,45-,46-,47-,48+,49+,50+,51+,52-,53-,54+,55+,56+,57+,58+,59+,60+,61+,62+,63+,64+,65+,66-,67-,68-,69-,70-,71-,72-,73+,74-,75-,76-,77-,78-,79-,81-/m0/s1. The Bertz CT molecular complexity index is 4050. The molecule has 64 heteroatoms. The van der Waals surface area contributed by atoms with E-state index in [0.29, 0.717) is 0 Å². The van der Waals surface area contributed by atoms with Crippen molar-refractivity contribution in [2.45, 2.75) is 397 Å². The van der Waals surface area contributed by atoms with E-state index in [9.17, 15) is 187 Å². The normalized spacial score (nSPS) is 47.5. The smallest absolute Gasteiger partial charge is 0.217 e. The molecule has 11 heterocycles. The van der Waals surface area contributed by atoms with Gasteiger partial charge in [-0.15, -0.1) is 0 Å². The molecule has 0 aromatic heterocycles. The molecule has 145 heavy (non-hydrogen) atoms. The number of rotatable bonds is 42. The van der Waals surface area contributed by atoms with Crippen molar-refractivity contribution in [2.75, 3.05) is 72.7 Å². The molecule has 11 aliphatic heterocycles. The predicted octanol–water partition coefficient (Wildman–Crippen LogP) is -25.3. The molecule has 0 radical (unpaired) electrons. The minimum absolute atomic E-state index is 0.229. The second-order valence-corrected chi connectivity index (χ2v) is 36.6. The van der Waals surface area contributed by atoms with Crippen LogP contribution in [0.2, 0.25) is 0 Å². The van der Waals surface area contributed by atoms with Crippen LogP contribution in [0.4, 0.5) is 0 Å². The van der Waals surface area contributed by atoms with E-state index >= 15 is 0 Å². The van der Waals surface area contributed by atoms with Gasteiger partial charge in [0, 0.05) is 34.1 Å². The van der Waals surface area contributed by atoms with E-state index in [1.54, 1.807) is 0 Å². The molecule has 838 valence electrons. The third-order valence-electron chi connectivity index (χ3n) is 26.4. The summed E-state index contributed by atoms with van der Waals surface area (Å²) in [4.78, 5) is 77.3. The number of carbonyl (C=O) groups is 6. The SMILES string of the molecule is CC(=O)N[C@H]1[C@H](O[C@H]2[C@@H](O)[C@@H](CO)O[C@@H](O[C@H]3[C@H](O[C@@H]4O[C@@H](C)[C@@H](O)[C@@H](O)[C@@H]4O)[C@@H](NC(C)=O)[C@H](O[C@H]4[C@@H](O)[C@@H](CO)O[C@@H](O[C@H]5[C@H](O[C@@H]6O[C@@H](C)[C@@H](O)[C@@H](O)[C@@H]6O)[C@@H](NC(C)=O)[C@H](O[C@H]6[C@@H](O)[C@@H](CO)O[C@@H](O[C@H]7[C@H](O)[C@@H](O)[C@H](OC[C@@H](CO)NC=O)O[C@@H]7CO)[C@@H]6O)O[C@@H]5CO)[C@@H]4O)O[C@@H]3CO)[C@@H]2O)O[C@H](CO)[C@@H](O[C@@H]2O[C@H](CO)[C@H](O)[C@H](O[C@]3(C(=O)[O-])C[C@H](O)[C@@H](NC(C)=O)[C@H]([C@H](O)[C@H](O)CO)O3)[C@H]2O)[C@@H]1O. The lowest BCUT2D eigenvalue weighted by atomic mass is 9.88. The molecule has 0 saturated carbocycles. The molecular formula is C81H134N5O59-. The topological polar surface area (TPSA) is 996 Å². The maximum absolute atomic E-state index is 13.8. The number of carbonyl (C=O) groups excluding carboxylic acids is 6. The summed E-state index contributed by atoms with van der Waals surface area (Å²) in [6.07, 6.45) is -113. The van der Waals surface area contributed by atoms with Gasteiger partial charge in [-0.05, 0) is 13.8 Å². The van der Waals surface area contributed by atoms with Crippen molar-refractivity contribution in [3.8, 4) is 0 Å². The Labute approximate surface area is 821 Å². The number of aliphatic hydroxyl groups excluding tert-OH is 30. The second kappa shape index (κ2) is 52.6.